The van der Waals surface area contributed by atoms with Crippen LogP contribution >= 0.6 is 15.9 Å². The molecule has 1 saturated heterocycles. The molecule has 0 spiro atoms. The van der Waals surface area contributed by atoms with Gasteiger partial charge in [-0.25, -0.2) is 5.43 Å². The van der Waals surface area contributed by atoms with Crippen molar-refractivity contribution >= 4 is 39.6 Å². The number of aliphatic hydroxyl groups is 1. The Kier molecular flexibility index (Phi) is 10.2. The number of piperazine rings is 1. The van der Waals surface area contributed by atoms with Crippen LogP contribution in [-0.2, 0) is 6.54 Å². The minimum Gasteiger partial charge on any atom is -0.497 e. The number of carbonyl (C=O) groups is 2. The monoisotopic (exact) mass is 593 g/mol. The second kappa shape index (κ2) is 14.0. The summed E-state index contributed by atoms with van der Waals surface area (Å²) in [4.78, 5) is 30.5. The third kappa shape index (κ3) is 8.21. The summed E-state index contributed by atoms with van der Waals surface area (Å²) < 4.78 is 5.84. The molecular formula is C29H32BrN5O4. The zero-order chi connectivity index (χ0) is 27.6. The van der Waals surface area contributed by atoms with Crippen LogP contribution in [0.3, 0.4) is 0 Å². The normalized spacial score (nSPS) is 14.3. The Bertz CT molecular complexity index is 1290. The summed E-state index contributed by atoms with van der Waals surface area (Å²) in [5.41, 5.74) is 5.60. The number of carbonyl (C=O) groups excluding carboxylic acids is 2. The van der Waals surface area contributed by atoms with Crippen LogP contribution < -0.4 is 15.5 Å². The predicted octanol–water partition coefficient (Wildman–Crippen LogP) is 3.58. The maximum absolute atomic E-state index is 13.0. The lowest BCUT2D eigenvalue weighted by molar-refractivity contribution is 0.0956. The first-order chi connectivity index (χ1) is 18.9. The lowest BCUT2D eigenvalue weighted by Crippen LogP contribution is -2.46. The molecule has 9 nitrogen and oxygen atoms in total. The number of anilines is 1. The van der Waals surface area contributed by atoms with E-state index in [4.69, 9.17) is 9.84 Å². The number of nitrogens with one attached hydrogen (secondary N) is 2. The molecule has 2 amide bonds. The van der Waals surface area contributed by atoms with E-state index in [0.29, 0.717) is 15.7 Å². The third-order valence-electron chi connectivity index (χ3n) is 6.47. The number of rotatable bonds is 10. The zero-order valence-corrected chi connectivity index (χ0v) is 23.4. The van der Waals surface area contributed by atoms with Gasteiger partial charge in [0.2, 0.25) is 0 Å². The Morgan fingerprint density at radius 2 is 1.67 bits per heavy atom. The molecule has 3 aromatic carbocycles. The summed E-state index contributed by atoms with van der Waals surface area (Å²) in [6, 6.07) is 19.8. The molecule has 3 N–H and O–H groups in total. The van der Waals surface area contributed by atoms with Crippen molar-refractivity contribution in [2.75, 3.05) is 51.8 Å². The molecular weight excluding hydrogens is 562 g/mol. The number of methoxy groups -OCH3 is 1. The van der Waals surface area contributed by atoms with Gasteiger partial charge in [-0.15, -0.1) is 0 Å². The highest BCUT2D eigenvalue weighted by Crippen LogP contribution is 2.22. The second-order valence-electron chi connectivity index (χ2n) is 9.15. The van der Waals surface area contributed by atoms with Crippen molar-refractivity contribution < 1.29 is 19.4 Å². The van der Waals surface area contributed by atoms with Gasteiger partial charge in [-0.2, -0.15) is 5.10 Å². The van der Waals surface area contributed by atoms with Gasteiger partial charge in [0.15, 0.2) is 0 Å². The van der Waals surface area contributed by atoms with Gasteiger partial charge in [-0.1, -0.05) is 28.1 Å². The molecule has 0 atom stereocenters. The largest absolute Gasteiger partial charge is 0.497 e. The van der Waals surface area contributed by atoms with Crippen molar-refractivity contribution in [1.29, 1.82) is 0 Å². The first kappa shape index (κ1) is 28.4. The third-order valence-corrected chi connectivity index (χ3v) is 6.97. The van der Waals surface area contributed by atoms with Gasteiger partial charge in [0, 0.05) is 49.3 Å². The van der Waals surface area contributed by atoms with Crippen molar-refractivity contribution in [2.24, 2.45) is 5.10 Å². The molecule has 3 aromatic rings. The first-order valence-corrected chi connectivity index (χ1v) is 13.5. The molecule has 0 bridgehead atoms. The minimum absolute atomic E-state index is 0.189. The maximum Gasteiger partial charge on any atom is 0.273 e. The summed E-state index contributed by atoms with van der Waals surface area (Å²) in [5, 5.41) is 16.0. The molecule has 0 aromatic heterocycles. The Labute approximate surface area is 236 Å². The molecule has 0 radical (unpaired) electrons. The topological polar surface area (TPSA) is 106 Å². The lowest BCUT2D eigenvalue weighted by atomic mass is 10.1. The number of hydrogen-bond acceptors (Lipinski definition) is 7. The first-order valence-electron chi connectivity index (χ1n) is 12.7. The van der Waals surface area contributed by atoms with Crippen molar-refractivity contribution in [3.8, 4) is 5.75 Å². The van der Waals surface area contributed by atoms with Crippen molar-refractivity contribution in [3.63, 3.8) is 0 Å². The molecule has 39 heavy (non-hydrogen) atoms. The Morgan fingerprint density at radius 3 is 2.33 bits per heavy atom. The number of hydrazone groups is 1. The van der Waals surface area contributed by atoms with Gasteiger partial charge in [-0.3, -0.25) is 19.4 Å². The molecule has 4 rings (SSSR count). The fraction of sp³-hybridized carbons (Fsp3) is 0.276. The standard InChI is InChI=1S/C29H32BrN5O4/c1-39-25-9-4-21(5-10-25)19-31-33-29(38)26-18-24(30)8-11-27(26)32-28(37)23-6-2-22(3-7-23)20-35-14-12-34(13-15-35)16-17-36/h2-11,18-19,36H,12-17,20H2,1H3,(H,32,37)(H,33,38)/b31-19+. The predicted molar refractivity (Wildman–Crippen MR) is 155 cm³/mol. The summed E-state index contributed by atoms with van der Waals surface area (Å²) in [6.07, 6.45) is 1.53. The molecule has 0 saturated carbocycles. The number of benzene rings is 3. The number of hydrogen-bond donors (Lipinski definition) is 3. The number of nitrogens with zero attached hydrogens (tertiary/aromatic N) is 3. The SMILES string of the molecule is COc1ccc(/C=N/NC(=O)c2cc(Br)ccc2NC(=O)c2ccc(CN3CCN(CCO)CC3)cc2)cc1. The van der Waals surface area contributed by atoms with Crippen LogP contribution in [0.25, 0.3) is 0 Å². The van der Waals surface area contributed by atoms with Gasteiger partial charge >= 0.3 is 0 Å². The summed E-state index contributed by atoms with van der Waals surface area (Å²) in [5.74, 6) is -0.0308. The molecule has 1 fully saturated rings. The Hall–Kier alpha value is -3.57. The van der Waals surface area contributed by atoms with E-state index >= 15 is 0 Å². The fourth-order valence-electron chi connectivity index (χ4n) is 4.26. The number of halogens is 1. The van der Waals surface area contributed by atoms with Crippen LogP contribution in [0.5, 0.6) is 5.75 Å². The molecule has 0 unspecified atom stereocenters. The zero-order valence-electron chi connectivity index (χ0n) is 21.8. The average Bonchev–Trinajstić information content (AvgIpc) is 2.96. The maximum atomic E-state index is 13.0. The highest BCUT2D eigenvalue weighted by atomic mass is 79.9. The fourth-order valence-corrected chi connectivity index (χ4v) is 4.62. The van der Waals surface area contributed by atoms with Crippen LogP contribution in [0.4, 0.5) is 5.69 Å². The van der Waals surface area contributed by atoms with E-state index in [1.54, 1.807) is 49.6 Å². The van der Waals surface area contributed by atoms with Gasteiger partial charge in [0.25, 0.3) is 11.8 Å². The quantitative estimate of drug-likeness (QED) is 0.245. The van der Waals surface area contributed by atoms with Crippen LogP contribution in [0.15, 0.2) is 76.3 Å². The van der Waals surface area contributed by atoms with Crippen molar-refractivity contribution in [1.82, 2.24) is 15.2 Å². The number of aliphatic hydroxyl groups excluding tert-OH is 1. The van der Waals surface area contributed by atoms with E-state index in [2.05, 4.69) is 41.6 Å². The van der Waals surface area contributed by atoms with E-state index in [-0.39, 0.29) is 18.1 Å². The molecule has 204 valence electrons. The van der Waals surface area contributed by atoms with E-state index in [9.17, 15) is 9.59 Å². The van der Waals surface area contributed by atoms with Crippen molar-refractivity contribution in [2.45, 2.75) is 6.54 Å². The Balaban J connectivity index is 1.35. The average molecular weight is 595 g/mol. The number of ether oxygens (including phenoxy) is 1. The van der Waals surface area contributed by atoms with E-state index in [0.717, 1.165) is 56.1 Å². The highest BCUT2D eigenvalue weighted by Gasteiger charge is 2.18. The molecule has 1 aliphatic rings. The molecule has 1 heterocycles. The molecule has 1 aliphatic heterocycles. The summed E-state index contributed by atoms with van der Waals surface area (Å²) in [7, 11) is 1.60. The van der Waals surface area contributed by atoms with Gasteiger partial charge in [-0.05, 0) is 65.7 Å². The van der Waals surface area contributed by atoms with E-state index in [1.165, 1.54) is 6.21 Å². The lowest BCUT2D eigenvalue weighted by Gasteiger charge is -2.34. The van der Waals surface area contributed by atoms with Crippen molar-refractivity contribution in [3.05, 3.63) is 93.5 Å². The number of amides is 2. The van der Waals surface area contributed by atoms with Crippen LogP contribution in [0.1, 0.15) is 31.8 Å². The van der Waals surface area contributed by atoms with Gasteiger partial charge < -0.3 is 15.2 Å². The summed E-state index contributed by atoms with van der Waals surface area (Å²) >= 11 is 3.39. The van der Waals surface area contributed by atoms with Gasteiger partial charge in [0.1, 0.15) is 5.75 Å². The van der Waals surface area contributed by atoms with E-state index in [1.807, 2.05) is 24.3 Å². The smallest absolute Gasteiger partial charge is 0.273 e. The molecule has 10 heteroatoms. The van der Waals surface area contributed by atoms with Gasteiger partial charge in [0.05, 0.1) is 31.2 Å². The minimum atomic E-state index is -0.453. The summed E-state index contributed by atoms with van der Waals surface area (Å²) in [6.45, 7) is 5.49. The van der Waals surface area contributed by atoms with E-state index < -0.39 is 5.91 Å². The van der Waals surface area contributed by atoms with Crippen LogP contribution in [0, 0.1) is 0 Å². The Morgan fingerprint density at radius 1 is 0.974 bits per heavy atom. The highest BCUT2D eigenvalue weighted by molar-refractivity contribution is 9.10. The number of β-amino-alcohol motifs (C(OH)–C–C–N with tert-alkyl or cyclic N) is 1. The van der Waals surface area contributed by atoms with Crippen LogP contribution in [0.2, 0.25) is 0 Å². The van der Waals surface area contributed by atoms with Crippen LogP contribution in [-0.4, -0.2) is 79.4 Å². The molecule has 0 aliphatic carbocycles. The second-order valence-corrected chi connectivity index (χ2v) is 10.1.